The Morgan fingerprint density at radius 2 is 1.43 bits per heavy atom. The lowest BCUT2D eigenvalue weighted by atomic mass is 9.93. The van der Waals surface area contributed by atoms with Gasteiger partial charge in [0.05, 0.1) is 32.2 Å². The van der Waals surface area contributed by atoms with Crippen molar-refractivity contribution in [1.29, 1.82) is 0 Å². The molecule has 2 aromatic rings. The third-order valence-corrected chi connectivity index (χ3v) is 10.00. The molecular formula is C40H62N4OS+2. The summed E-state index contributed by atoms with van der Waals surface area (Å²) in [6.07, 6.45) is 3.48. The minimum atomic E-state index is 0.933. The quantitative estimate of drug-likeness (QED) is 0.0644. The minimum absolute atomic E-state index is 0.933. The lowest BCUT2D eigenvalue weighted by Crippen LogP contribution is -2.48. The van der Waals surface area contributed by atoms with Crippen molar-refractivity contribution >= 4 is 33.7 Å². The first kappa shape index (κ1) is 39.1. The smallest absolute Gasteiger partial charge is 0.203 e. The molecule has 0 radical (unpaired) electrons. The van der Waals surface area contributed by atoms with E-state index < -0.39 is 0 Å². The van der Waals surface area contributed by atoms with Crippen LogP contribution in [0.5, 0.6) is 0 Å². The zero-order valence-corrected chi connectivity index (χ0v) is 31.2. The fraction of sp³-hybridized carbons (Fsp3) is 0.500. The van der Waals surface area contributed by atoms with Crippen LogP contribution >= 0.6 is 12.2 Å². The molecule has 2 aliphatic rings. The van der Waals surface area contributed by atoms with Gasteiger partial charge in [0.15, 0.2) is 0 Å². The average Bonchev–Trinajstić information content (AvgIpc) is 3.11. The molecule has 252 valence electrons. The SMILES string of the molecule is CCC(=S)CCC[N+](CC)(CC)CC.CCN(CC)c1ccc2c(-c3ccccc3)c3ccc(=[N+](CC)CC)cc-3oc2c1.CN. The zero-order valence-electron chi connectivity index (χ0n) is 30.4. The average molecular weight is 647 g/mol. The second-order valence-electron chi connectivity index (χ2n) is 11.6. The van der Waals surface area contributed by atoms with Crippen LogP contribution in [0.3, 0.4) is 0 Å². The Morgan fingerprint density at radius 3 is 1.98 bits per heavy atom. The Kier molecular flexibility index (Phi) is 17.2. The Labute approximate surface area is 285 Å². The predicted molar refractivity (Wildman–Crippen MR) is 207 cm³/mol. The molecule has 1 aliphatic heterocycles. The summed E-state index contributed by atoms with van der Waals surface area (Å²) in [7, 11) is 1.50. The molecule has 0 spiro atoms. The van der Waals surface area contributed by atoms with Gasteiger partial charge < -0.3 is 19.5 Å². The number of benzene rings is 3. The number of fused-ring (bicyclic) bond motifs is 2. The van der Waals surface area contributed by atoms with E-state index in [1.165, 1.54) is 71.2 Å². The standard InChI is InChI=1S/C27H31N2O.C12H26NS.CH5N/c1-5-28(6-2)21-14-16-23-25(18-21)30-26-19-22(29(7-3)8-4)15-17-24(26)27(23)20-12-10-9-11-13-20;1-5-12(14)10-9-11-13(6-2,7-3)8-4;1-2/h9-19H,5-8H2,1-4H3;5-11H2,1-4H3;2H2,1H3/q2*+1;. The monoisotopic (exact) mass is 646 g/mol. The van der Waals surface area contributed by atoms with Gasteiger partial charge in [-0.1, -0.05) is 49.5 Å². The summed E-state index contributed by atoms with van der Waals surface area (Å²) in [4.78, 5) is 3.60. The number of quaternary nitrogens is 1. The molecule has 0 aromatic heterocycles. The molecule has 46 heavy (non-hydrogen) atoms. The van der Waals surface area contributed by atoms with Gasteiger partial charge in [0, 0.05) is 53.8 Å². The molecule has 0 amide bonds. The van der Waals surface area contributed by atoms with Gasteiger partial charge in [0.25, 0.3) is 0 Å². The second-order valence-corrected chi connectivity index (χ2v) is 12.1. The molecule has 6 heteroatoms. The van der Waals surface area contributed by atoms with E-state index in [9.17, 15) is 0 Å². The van der Waals surface area contributed by atoms with E-state index in [4.69, 9.17) is 16.6 Å². The van der Waals surface area contributed by atoms with Gasteiger partial charge in [-0.25, -0.2) is 4.58 Å². The van der Waals surface area contributed by atoms with Gasteiger partial charge in [0.1, 0.15) is 24.4 Å². The summed E-state index contributed by atoms with van der Waals surface area (Å²) in [5.41, 5.74) is 10.2. The minimum Gasteiger partial charge on any atom is -0.456 e. The first-order valence-electron chi connectivity index (χ1n) is 17.7. The normalized spacial score (nSPS) is 11.0. The first-order valence-corrected chi connectivity index (χ1v) is 18.1. The van der Waals surface area contributed by atoms with Crippen LogP contribution in [-0.4, -0.2) is 68.8 Å². The Bertz CT molecular complexity index is 1490. The zero-order chi connectivity index (χ0) is 34.1. The molecule has 0 atom stereocenters. The highest BCUT2D eigenvalue weighted by atomic mass is 32.1. The van der Waals surface area contributed by atoms with Crippen LogP contribution in [-0.2, 0) is 0 Å². The lowest BCUT2D eigenvalue weighted by molar-refractivity contribution is -0.923. The fourth-order valence-corrected chi connectivity index (χ4v) is 6.43. The van der Waals surface area contributed by atoms with Crippen molar-refractivity contribution in [3.63, 3.8) is 0 Å². The van der Waals surface area contributed by atoms with Gasteiger partial charge >= 0.3 is 0 Å². The van der Waals surface area contributed by atoms with E-state index in [0.29, 0.717) is 0 Å². The van der Waals surface area contributed by atoms with Crippen LogP contribution in [0.2, 0.25) is 0 Å². The highest BCUT2D eigenvalue weighted by Crippen LogP contribution is 2.40. The molecule has 2 aromatic carbocycles. The van der Waals surface area contributed by atoms with Crippen molar-refractivity contribution in [2.24, 2.45) is 5.73 Å². The lowest BCUT2D eigenvalue weighted by Gasteiger charge is -2.35. The van der Waals surface area contributed by atoms with E-state index >= 15 is 0 Å². The van der Waals surface area contributed by atoms with Crippen molar-refractivity contribution in [1.82, 2.24) is 4.58 Å². The number of hydrogen-bond donors (Lipinski definition) is 1. The molecule has 4 rings (SSSR count). The fourth-order valence-electron chi connectivity index (χ4n) is 6.29. The van der Waals surface area contributed by atoms with Crippen molar-refractivity contribution < 1.29 is 8.90 Å². The van der Waals surface area contributed by atoms with Crippen molar-refractivity contribution in [2.75, 3.05) is 64.3 Å². The molecule has 1 heterocycles. The van der Waals surface area contributed by atoms with E-state index in [1.807, 2.05) is 0 Å². The summed E-state index contributed by atoms with van der Waals surface area (Å²) in [5, 5.41) is 2.36. The third-order valence-electron chi connectivity index (χ3n) is 9.50. The molecular weight excluding hydrogens is 585 g/mol. The maximum absolute atomic E-state index is 6.51. The maximum atomic E-state index is 6.51. The van der Waals surface area contributed by atoms with Gasteiger partial charge in [-0.05, 0) is 97.0 Å². The largest absolute Gasteiger partial charge is 0.456 e. The molecule has 0 fully saturated rings. The molecule has 0 saturated carbocycles. The van der Waals surface area contributed by atoms with Crippen LogP contribution in [0.4, 0.5) is 5.69 Å². The van der Waals surface area contributed by atoms with Gasteiger partial charge in [-0.3, -0.25) is 0 Å². The summed E-state index contributed by atoms with van der Waals surface area (Å²) < 4.78 is 10.1. The molecule has 0 saturated heterocycles. The van der Waals surface area contributed by atoms with Crippen molar-refractivity contribution in [3.05, 3.63) is 72.1 Å². The number of thiocarbonyl (C=S) groups is 1. The predicted octanol–water partition coefficient (Wildman–Crippen LogP) is 8.86. The second kappa shape index (κ2) is 20.2. The summed E-state index contributed by atoms with van der Waals surface area (Å²) in [6, 6.07) is 23.9. The highest BCUT2D eigenvalue weighted by molar-refractivity contribution is 7.80. The molecule has 2 N–H and O–H groups in total. The molecule has 5 nitrogen and oxygen atoms in total. The van der Waals surface area contributed by atoms with Crippen LogP contribution < -0.4 is 20.6 Å². The molecule has 0 bridgehead atoms. The summed E-state index contributed by atoms with van der Waals surface area (Å²) in [5.74, 6) is 0.933. The maximum Gasteiger partial charge on any atom is 0.203 e. The molecule has 1 aliphatic carbocycles. The highest BCUT2D eigenvalue weighted by Gasteiger charge is 2.20. The Balaban J connectivity index is 0.000000390. The number of hydrogen-bond acceptors (Lipinski definition) is 4. The summed E-state index contributed by atoms with van der Waals surface area (Å²) >= 11 is 5.25. The van der Waals surface area contributed by atoms with Crippen LogP contribution in [0.15, 0.2) is 71.1 Å². The molecule has 0 unspecified atom stereocenters. The number of nitrogens with two attached hydrogens (primary N) is 1. The van der Waals surface area contributed by atoms with Crippen LogP contribution in [0.25, 0.3) is 33.4 Å². The number of nitrogens with zero attached hydrogens (tertiary/aromatic N) is 3. The van der Waals surface area contributed by atoms with Crippen LogP contribution in [0, 0.1) is 0 Å². The van der Waals surface area contributed by atoms with E-state index in [1.54, 1.807) is 0 Å². The Hall–Kier alpha value is -3.06. The van der Waals surface area contributed by atoms with E-state index in [2.05, 4.69) is 137 Å². The van der Waals surface area contributed by atoms with E-state index in [0.717, 1.165) is 61.3 Å². The van der Waals surface area contributed by atoms with Gasteiger partial charge in [0.2, 0.25) is 5.36 Å². The number of rotatable bonds is 14. The summed E-state index contributed by atoms with van der Waals surface area (Å²) in [6.45, 7) is 26.8. The third kappa shape index (κ3) is 9.97. The number of anilines is 1. The van der Waals surface area contributed by atoms with Crippen LogP contribution in [0.1, 0.15) is 74.7 Å². The topological polar surface area (TPSA) is 45.4 Å². The van der Waals surface area contributed by atoms with E-state index in [-0.39, 0.29) is 0 Å². The van der Waals surface area contributed by atoms with Gasteiger partial charge in [-0.15, -0.1) is 0 Å². The van der Waals surface area contributed by atoms with Crippen molar-refractivity contribution in [2.45, 2.75) is 74.7 Å². The van der Waals surface area contributed by atoms with Crippen molar-refractivity contribution in [3.8, 4) is 22.5 Å². The Morgan fingerprint density at radius 1 is 0.804 bits per heavy atom. The first-order chi connectivity index (χ1) is 22.3. The van der Waals surface area contributed by atoms with Gasteiger partial charge in [-0.2, -0.15) is 0 Å².